The van der Waals surface area contributed by atoms with Crippen molar-refractivity contribution in [3.63, 3.8) is 0 Å². The fourth-order valence-electron chi connectivity index (χ4n) is 3.64. The molecule has 0 aromatic heterocycles. The summed E-state index contributed by atoms with van der Waals surface area (Å²) in [6, 6.07) is 13.1. The molecule has 3 unspecified atom stereocenters. The van der Waals surface area contributed by atoms with Crippen LogP contribution in [0, 0.1) is 0 Å². The van der Waals surface area contributed by atoms with E-state index in [1.54, 1.807) is 0 Å². The minimum absolute atomic E-state index is 0.0285. The lowest BCUT2D eigenvalue weighted by Crippen LogP contribution is -2.42. The first-order valence-corrected chi connectivity index (χ1v) is 7.94. The lowest BCUT2D eigenvalue weighted by atomic mass is 9.95. The highest BCUT2D eigenvalue weighted by atomic mass is 32.1. The highest BCUT2D eigenvalue weighted by molar-refractivity contribution is 7.80. The zero-order chi connectivity index (χ0) is 14.4. The number of amides is 1. The number of benzene rings is 2. The van der Waals surface area contributed by atoms with Crippen LogP contribution in [-0.2, 0) is 0 Å². The van der Waals surface area contributed by atoms with Gasteiger partial charge in [-0.05, 0) is 48.2 Å². The number of rotatable bonds is 2. The van der Waals surface area contributed by atoms with Gasteiger partial charge < -0.3 is 10.6 Å². The number of fused-ring (bicyclic) bond motifs is 3. The van der Waals surface area contributed by atoms with Gasteiger partial charge >= 0.3 is 0 Å². The van der Waals surface area contributed by atoms with Crippen molar-refractivity contribution in [1.29, 1.82) is 0 Å². The van der Waals surface area contributed by atoms with Gasteiger partial charge in [0.1, 0.15) is 0 Å². The molecule has 4 heteroatoms. The topological polar surface area (TPSA) is 41.1 Å². The SMILES string of the molecule is O=C(NC1CC2CCC1N2)c1ccc2c(S)cccc2c1. The highest BCUT2D eigenvalue weighted by Gasteiger charge is 2.39. The van der Waals surface area contributed by atoms with Gasteiger partial charge in [-0.1, -0.05) is 18.2 Å². The molecule has 4 rings (SSSR count). The lowest BCUT2D eigenvalue weighted by molar-refractivity contribution is 0.0931. The van der Waals surface area contributed by atoms with Crippen LogP contribution in [0.15, 0.2) is 41.3 Å². The summed E-state index contributed by atoms with van der Waals surface area (Å²) in [7, 11) is 0. The zero-order valence-corrected chi connectivity index (χ0v) is 12.6. The monoisotopic (exact) mass is 298 g/mol. The molecule has 3 atom stereocenters. The fourth-order valence-corrected chi connectivity index (χ4v) is 3.93. The average molecular weight is 298 g/mol. The minimum Gasteiger partial charge on any atom is -0.348 e. The fraction of sp³-hybridized carbons (Fsp3) is 0.353. The highest BCUT2D eigenvalue weighted by Crippen LogP contribution is 2.28. The van der Waals surface area contributed by atoms with Gasteiger partial charge in [0.15, 0.2) is 0 Å². The van der Waals surface area contributed by atoms with E-state index >= 15 is 0 Å². The molecule has 0 spiro atoms. The lowest BCUT2D eigenvalue weighted by Gasteiger charge is -2.21. The van der Waals surface area contributed by atoms with E-state index in [9.17, 15) is 4.79 Å². The number of thiol groups is 1. The second-order valence-corrected chi connectivity index (χ2v) is 6.56. The Morgan fingerprint density at radius 2 is 2.14 bits per heavy atom. The molecule has 0 radical (unpaired) electrons. The van der Waals surface area contributed by atoms with Crippen molar-refractivity contribution in [1.82, 2.24) is 10.6 Å². The molecule has 2 aromatic carbocycles. The molecule has 1 amide bonds. The van der Waals surface area contributed by atoms with Crippen molar-refractivity contribution in [2.45, 2.75) is 42.3 Å². The first kappa shape index (κ1) is 13.2. The van der Waals surface area contributed by atoms with E-state index in [0.29, 0.717) is 12.1 Å². The van der Waals surface area contributed by atoms with E-state index in [0.717, 1.165) is 27.7 Å². The summed E-state index contributed by atoms with van der Waals surface area (Å²) >= 11 is 4.45. The maximum Gasteiger partial charge on any atom is 0.251 e. The molecule has 2 aromatic rings. The molecular formula is C17H18N2OS. The van der Waals surface area contributed by atoms with Crippen molar-refractivity contribution in [3.8, 4) is 0 Å². The van der Waals surface area contributed by atoms with Crippen molar-refractivity contribution in [3.05, 3.63) is 42.0 Å². The number of nitrogens with one attached hydrogen (secondary N) is 2. The number of hydrogen-bond acceptors (Lipinski definition) is 3. The summed E-state index contributed by atoms with van der Waals surface area (Å²) in [6.07, 6.45) is 3.48. The molecule has 2 saturated heterocycles. The molecule has 2 aliphatic heterocycles. The van der Waals surface area contributed by atoms with Crippen molar-refractivity contribution in [2.75, 3.05) is 0 Å². The second-order valence-electron chi connectivity index (χ2n) is 6.08. The first-order chi connectivity index (χ1) is 10.2. The van der Waals surface area contributed by atoms with E-state index in [-0.39, 0.29) is 11.9 Å². The quantitative estimate of drug-likeness (QED) is 0.746. The molecule has 2 aliphatic rings. The smallest absolute Gasteiger partial charge is 0.251 e. The summed E-state index contributed by atoms with van der Waals surface area (Å²) in [6.45, 7) is 0. The van der Waals surface area contributed by atoms with Gasteiger partial charge in [-0.25, -0.2) is 0 Å². The van der Waals surface area contributed by atoms with Crippen molar-refractivity contribution >= 4 is 29.3 Å². The van der Waals surface area contributed by atoms with Crippen LogP contribution in [0.3, 0.4) is 0 Å². The molecule has 2 heterocycles. The zero-order valence-electron chi connectivity index (χ0n) is 11.7. The molecule has 2 bridgehead atoms. The maximum absolute atomic E-state index is 12.4. The molecule has 2 fully saturated rings. The predicted molar refractivity (Wildman–Crippen MR) is 87.0 cm³/mol. The average Bonchev–Trinajstić information content (AvgIpc) is 3.09. The molecule has 21 heavy (non-hydrogen) atoms. The van der Waals surface area contributed by atoms with Gasteiger partial charge in [0, 0.05) is 28.6 Å². The second kappa shape index (κ2) is 5.04. The standard InChI is InChI=1S/C17H18N2OS/c20-17(19-15-9-12-5-7-14(15)18-12)11-4-6-13-10(8-11)2-1-3-16(13)21/h1-4,6,8,12,14-15,18,21H,5,7,9H2,(H,19,20). The summed E-state index contributed by atoms with van der Waals surface area (Å²) < 4.78 is 0. The molecule has 3 nitrogen and oxygen atoms in total. The van der Waals surface area contributed by atoms with Crippen LogP contribution in [0.2, 0.25) is 0 Å². The third kappa shape index (κ3) is 2.32. The van der Waals surface area contributed by atoms with E-state index in [2.05, 4.69) is 23.3 Å². The Balaban J connectivity index is 1.57. The van der Waals surface area contributed by atoms with Gasteiger partial charge in [-0.2, -0.15) is 0 Å². The molecule has 108 valence electrons. The van der Waals surface area contributed by atoms with Crippen LogP contribution >= 0.6 is 12.6 Å². The summed E-state index contributed by atoms with van der Waals surface area (Å²) in [5.74, 6) is 0.0285. The van der Waals surface area contributed by atoms with Crippen LogP contribution in [0.25, 0.3) is 10.8 Å². The normalized spacial score (nSPS) is 27.2. The van der Waals surface area contributed by atoms with Crippen LogP contribution in [0.4, 0.5) is 0 Å². The Hall–Kier alpha value is -1.52. The molecule has 0 aliphatic carbocycles. The Bertz CT molecular complexity index is 715. The minimum atomic E-state index is 0.0285. The van der Waals surface area contributed by atoms with E-state index < -0.39 is 0 Å². The van der Waals surface area contributed by atoms with Crippen molar-refractivity contribution in [2.24, 2.45) is 0 Å². The summed E-state index contributed by atoms with van der Waals surface area (Å²) in [5.41, 5.74) is 0.726. The number of carbonyl (C=O) groups excluding carboxylic acids is 1. The third-order valence-electron chi connectivity index (χ3n) is 4.74. The van der Waals surface area contributed by atoms with E-state index in [4.69, 9.17) is 0 Å². The maximum atomic E-state index is 12.4. The van der Waals surface area contributed by atoms with Gasteiger partial charge in [0.05, 0.1) is 0 Å². The Morgan fingerprint density at radius 1 is 1.24 bits per heavy atom. The van der Waals surface area contributed by atoms with Crippen LogP contribution in [0.1, 0.15) is 29.6 Å². The van der Waals surface area contributed by atoms with Gasteiger partial charge in [0.2, 0.25) is 0 Å². The van der Waals surface area contributed by atoms with Gasteiger partial charge in [0.25, 0.3) is 5.91 Å². The Morgan fingerprint density at radius 3 is 2.90 bits per heavy atom. The molecular weight excluding hydrogens is 280 g/mol. The Labute approximate surface area is 129 Å². The van der Waals surface area contributed by atoms with Gasteiger partial charge in [-0.3, -0.25) is 4.79 Å². The number of carbonyl (C=O) groups is 1. The summed E-state index contributed by atoms with van der Waals surface area (Å²) in [4.78, 5) is 13.4. The van der Waals surface area contributed by atoms with E-state index in [1.165, 1.54) is 12.8 Å². The largest absolute Gasteiger partial charge is 0.348 e. The molecule has 0 saturated carbocycles. The van der Waals surface area contributed by atoms with Crippen LogP contribution in [-0.4, -0.2) is 24.0 Å². The van der Waals surface area contributed by atoms with Crippen LogP contribution in [0.5, 0.6) is 0 Å². The first-order valence-electron chi connectivity index (χ1n) is 7.49. The third-order valence-corrected chi connectivity index (χ3v) is 5.13. The Kier molecular flexibility index (Phi) is 3.16. The summed E-state index contributed by atoms with van der Waals surface area (Å²) in [5, 5.41) is 8.87. The number of hydrogen-bond donors (Lipinski definition) is 3. The van der Waals surface area contributed by atoms with Crippen molar-refractivity contribution < 1.29 is 4.79 Å². The van der Waals surface area contributed by atoms with Crippen LogP contribution < -0.4 is 10.6 Å². The molecule has 2 N–H and O–H groups in total. The van der Waals surface area contributed by atoms with Gasteiger partial charge in [-0.15, -0.1) is 12.6 Å². The van der Waals surface area contributed by atoms with E-state index in [1.807, 2.05) is 36.4 Å². The predicted octanol–water partition coefficient (Wildman–Crippen LogP) is 2.75.